The number of amides is 1. The number of methoxy groups -OCH3 is 2. The van der Waals surface area contributed by atoms with Gasteiger partial charge in [-0.2, -0.15) is 0 Å². The van der Waals surface area contributed by atoms with Crippen molar-refractivity contribution < 1.29 is 23.8 Å². The fourth-order valence-corrected chi connectivity index (χ4v) is 3.79. The van der Waals surface area contributed by atoms with Crippen LogP contribution in [0.15, 0.2) is 54.6 Å². The van der Waals surface area contributed by atoms with Gasteiger partial charge in [0.2, 0.25) is 0 Å². The zero-order chi connectivity index (χ0) is 20.6. The number of nitrogens with zero attached hydrogens (tertiary/aromatic N) is 1. The standard InChI is InChI=1S/C23H27NO5/c1-27-19-13-11-18(12-14-19)21(22(25)28-2)20-10-6-7-15-24(20)23(26)29-16-17-8-4-3-5-9-17/h3-5,8-9,11-14,20-21H,6-7,10,15-16H2,1-2H3/t20-,21+/m1/s1. The Hall–Kier alpha value is -3.02. The maximum Gasteiger partial charge on any atom is 0.410 e. The molecule has 1 heterocycles. The van der Waals surface area contributed by atoms with Gasteiger partial charge in [-0.1, -0.05) is 42.5 Å². The molecule has 0 unspecified atom stereocenters. The number of benzene rings is 2. The number of hydrogen-bond donors (Lipinski definition) is 0. The first-order valence-electron chi connectivity index (χ1n) is 9.83. The molecule has 1 saturated heterocycles. The third-order valence-electron chi connectivity index (χ3n) is 5.30. The lowest BCUT2D eigenvalue weighted by Gasteiger charge is -2.38. The Morgan fingerprint density at radius 2 is 1.76 bits per heavy atom. The first-order chi connectivity index (χ1) is 14.1. The monoisotopic (exact) mass is 397 g/mol. The third-order valence-corrected chi connectivity index (χ3v) is 5.30. The smallest absolute Gasteiger partial charge is 0.410 e. The predicted octanol–water partition coefficient (Wildman–Crippen LogP) is 4.14. The molecular weight excluding hydrogens is 370 g/mol. The van der Waals surface area contributed by atoms with Gasteiger partial charge in [-0.05, 0) is 42.5 Å². The molecule has 0 bridgehead atoms. The van der Waals surface area contributed by atoms with Crippen LogP contribution in [0.25, 0.3) is 0 Å². The van der Waals surface area contributed by atoms with Gasteiger partial charge < -0.3 is 19.1 Å². The second-order valence-electron chi connectivity index (χ2n) is 7.07. The average molecular weight is 397 g/mol. The van der Waals surface area contributed by atoms with Crippen molar-refractivity contribution in [2.24, 2.45) is 0 Å². The summed E-state index contributed by atoms with van der Waals surface area (Å²) in [6.45, 7) is 0.760. The molecule has 2 aromatic carbocycles. The van der Waals surface area contributed by atoms with Crippen LogP contribution in [0.5, 0.6) is 5.75 Å². The van der Waals surface area contributed by atoms with Gasteiger partial charge in [0, 0.05) is 6.54 Å². The Balaban J connectivity index is 1.80. The van der Waals surface area contributed by atoms with Crippen molar-refractivity contribution in [2.45, 2.75) is 37.8 Å². The van der Waals surface area contributed by atoms with Gasteiger partial charge in [-0.15, -0.1) is 0 Å². The van der Waals surface area contributed by atoms with Crippen molar-refractivity contribution >= 4 is 12.1 Å². The number of carbonyl (C=O) groups is 2. The van der Waals surface area contributed by atoms with E-state index in [4.69, 9.17) is 14.2 Å². The number of likely N-dealkylation sites (tertiary alicyclic amines) is 1. The third kappa shape index (κ3) is 5.08. The molecule has 0 saturated carbocycles. The molecule has 1 fully saturated rings. The number of rotatable bonds is 6. The maximum atomic E-state index is 12.9. The van der Waals surface area contributed by atoms with E-state index in [-0.39, 0.29) is 18.6 Å². The summed E-state index contributed by atoms with van der Waals surface area (Å²) >= 11 is 0. The highest BCUT2D eigenvalue weighted by Gasteiger charge is 2.39. The molecule has 0 N–H and O–H groups in total. The van der Waals surface area contributed by atoms with Crippen molar-refractivity contribution in [1.82, 2.24) is 4.90 Å². The van der Waals surface area contributed by atoms with Crippen LogP contribution in [0.4, 0.5) is 4.79 Å². The molecule has 6 heteroatoms. The van der Waals surface area contributed by atoms with E-state index in [1.807, 2.05) is 54.6 Å². The van der Waals surface area contributed by atoms with Gasteiger partial charge in [-0.3, -0.25) is 4.79 Å². The van der Waals surface area contributed by atoms with E-state index in [0.29, 0.717) is 18.7 Å². The molecule has 0 spiro atoms. The van der Waals surface area contributed by atoms with Gasteiger partial charge in [0.25, 0.3) is 0 Å². The highest BCUT2D eigenvalue weighted by molar-refractivity contribution is 5.80. The number of esters is 1. The van der Waals surface area contributed by atoms with Crippen LogP contribution in [0.1, 0.15) is 36.3 Å². The maximum absolute atomic E-state index is 12.9. The van der Waals surface area contributed by atoms with Crippen LogP contribution in [0.2, 0.25) is 0 Å². The van der Waals surface area contributed by atoms with Crippen LogP contribution in [0.3, 0.4) is 0 Å². The van der Waals surface area contributed by atoms with Crippen LogP contribution in [0, 0.1) is 0 Å². The normalized spacial score (nSPS) is 17.3. The Morgan fingerprint density at radius 3 is 2.41 bits per heavy atom. The van der Waals surface area contributed by atoms with E-state index in [9.17, 15) is 9.59 Å². The molecule has 29 heavy (non-hydrogen) atoms. The minimum atomic E-state index is -0.574. The molecular formula is C23H27NO5. The fourth-order valence-electron chi connectivity index (χ4n) is 3.79. The van der Waals surface area contributed by atoms with Crippen molar-refractivity contribution in [3.05, 3.63) is 65.7 Å². The van der Waals surface area contributed by atoms with Gasteiger partial charge in [-0.25, -0.2) is 4.79 Å². The molecule has 0 radical (unpaired) electrons. The van der Waals surface area contributed by atoms with Crippen molar-refractivity contribution in [3.63, 3.8) is 0 Å². The minimum absolute atomic E-state index is 0.203. The Kier molecular flexibility index (Phi) is 7.11. The number of hydrogen-bond acceptors (Lipinski definition) is 5. The number of ether oxygens (including phenoxy) is 3. The number of piperidine rings is 1. The molecule has 1 amide bonds. The molecule has 1 aliphatic heterocycles. The zero-order valence-corrected chi connectivity index (χ0v) is 16.9. The summed E-state index contributed by atoms with van der Waals surface area (Å²) in [7, 11) is 2.97. The highest BCUT2D eigenvalue weighted by Crippen LogP contribution is 2.33. The van der Waals surface area contributed by atoms with Crippen molar-refractivity contribution in [3.8, 4) is 5.75 Å². The van der Waals surface area contributed by atoms with Crippen LogP contribution >= 0.6 is 0 Å². The topological polar surface area (TPSA) is 65.1 Å². The molecule has 2 aromatic rings. The summed E-state index contributed by atoms with van der Waals surface area (Å²) in [5.74, 6) is -0.224. The Morgan fingerprint density at radius 1 is 1.03 bits per heavy atom. The molecule has 154 valence electrons. The van der Waals surface area contributed by atoms with Crippen molar-refractivity contribution in [2.75, 3.05) is 20.8 Å². The second-order valence-corrected chi connectivity index (χ2v) is 7.07. The summed E-state index contributed by atoms with van der Waals surface area (Å²) < 4.78 is 15.8. The SMILES string of the molecule is COC(=O)[C@@H](c1ccc(OC)cc1)[C@H]1CCCCN1C(=O)OCc1ccccc1. The summed E-state index contributed by atoms with van der Waals surface area (Å²) in [5, 5.41) is 0. The van der Waals surface area contributed by atoms with E-state index in [0.717, 1.165) is 24.0 Å². The van der Waals surface area contributed by atoms with E-state index in [1.54, 1.807) is 12.0 Å². The van der Waals surface area contributed by atoms with E-state index in [1.165, 1.54) is 7.11 Å². The van der Waals surface area contributed by atoms with Crippen LogP contribution in [-0.2, 0) is 20.9 Å². The lowest BCUT2D eigenvalue weighted by molar-refractivity contribution is -0.144. The first-order valence-corrected chi connectivity index (χ1v) is 9.83. The molecule has 3 rings (SSSR count). The molecule has 2 atom stereocenters. The van der Waals surface area contributed by atoms with Gasteiger partial charge >= 0.3 is 12.1 Å². The molecule has 0 aliphatic carbocycles. The van der Waals surface area contributed by atoms with Crippen LogP contribution in [-0.4, -0.2) is 43.8 Å². The first kappa shape index (κ1) is 20.7. The van der Waals surface area contributed by atoms with Crippen molar-refractivity contribution in [1.29, 1.82) is 0 Å². The Bertz CT molecular complexity index is 806. The summed E-state index contributed by atoms with van der Waals surface area (Å²) in [5.41, 5.74) is 1.72. The summed E-state index contributed by atoms with van der Waals surface area (Å²) in [6.07, 6.45) is 2.14. The summed E-state index contributed by atoms with van der Waals surface area (Å²) in [4.78, 5) is 27.2. The second kappa shape index (κ2) is 9.96. The van der Waals surface area contributed by atoms with E-state index < -0.39 is 12.0 Å². The molecule has 0 aromatic heterocycles. The van der Waals surface area contributed by atoms with E-state index >= 15 is 0 Å². The fraction of sp³-hybridized carbons (Fsp3) is 0.391. The minimum Gasteiger partial charge on any atom is -0.497 e. The van der Waals surface area contributed by atoms with Crippen LogP contribution < -0.4 is 4.74 Å². The zero-order valence-electron chi connectivity index (χ0n) is 16.9. The lowest BCUT2D eigenvalue weighted by Crippen LogP contribution is -2.49. The highest BCUT2D eigenvalue weighted by atomic mass is 16.6. The van der Waals surface area contributed by atoms with Gasteiger partial charge in [0.1, 0.15) is 18.3 Å². The quantitative estimate of drug-likeness (QED) is 0.686. The lowest BCUT2D eigenvalue weighted by atomic mass is 9.85. The summed E-state index contributed by atoms with van der Waals surface area (Å²) in [6, 6.07) is 16.6. The van der Waals surface area contributed by atoms with Gasteiger partial charge in [0.05, 0.1) is 20.3 Å². The molecule has 6 nitrogen and oxygen atoms in total. The van der Waals surface area contributed by atoms with Gasteiger partial charge in [0.15, 0.2) is 0 Å². The molecule has 1 aliphatic rings. The average Bonchev–Trinajstić information content (AvgIpc) is 2.79. The van der Waals surface area contributed by atoms with E-state index in [2.05, 4.69) is 0 Å². The Labute approximate surface area is 171 Å². The number of carbonyl (C=O) groups excluding carboxylic acids is 2. The predicted molar refractivity (Wildman–Crippen MR) is 109 cm³/mol. The largest absolute Gasteiger partial charge is 0.497 e.